The van der Waals surface area contributed by atoms with Gasteiger partial charge in [0.1, 0.15) is 0 Å². The number of rotatable bonds is 6. The molecule has 1 amide bonds. The van der Waals surface area contributed by atoms with Crippen LogP contribution in [0.3, 0.4) is 0 Å². The molecule has 0 bridgehead atoms. The fraction of sp³-hybridized carbons (Fsp3) is 0.350. The van der Waals surface area contributed by atoms with Gasteiger partial charge in [-0.3, -0.25) is 9.69 Å². The Morgan fingerprint density at radius 1 is 1.04 bits per heavy atom. The molecule has 1 aliphatic rings. The molecule has 28 heavy (non-hydrogen) atoms. The summed E-state index contributed by atoms with van der Waals surface area (Å²) in [5, 5.41) is 0. The molecule has 1 fully saturated rings. The lowest BCUT2D eigenvalue weighted by molar-refractivity contribution is -0.134. The SMILES string of the molecule is C[C@H](NS(=O)(=O)c1ccc(Br)cc1)C(=O)N1CCN(Cc2ccccc2)CC1. The first kappa shape index (κ1) is 21.0. The van der Waals surface area contributed by atoms with Gasteiger partial charge in [0.2, 0.25) is 15.9 Å². The summed E-state index contributed by atoms with van der Waals surface area (Å²) in [5.41, 5.74) is 1.25. The van der Waals surface area contributed by atoms with E-state index >= 15 is 0 Å². The zero-order valence-electron chi connectivity index (χ0n) is 15.7. The predicted octanol–water partition coefficient (Wildman–Crippen LogP) is 2.46. The molecule has 3 rings (SSSR count). The van der Waals surface area contributed by atoms with Gasteiger partial charge < -0.3 is 4.90 Å². The topological polar surface area (TPSA) is 69.7 Å². The fourth-order valence-electron chi connectivity index (χ4n) is 3.21. The minimum atomic E-state index is -3.74. The molecule has 1 heterocycles. The van der Waals surface area contributed by atoms with Crippen LogP contribution in [0.4, 0.5) is 0 Å². The highest BCUT2D eigenvalue weighted by atomic mass is 79.9. The molecule has 8 heteroatoms. The molecular weight excluding hydrogens is 442 g/mol. The van der Waals surface area contributed by atoms with Crippen LogP contribution < -0.4 is 4.72 Å². The van der Waals surface area contributed by atoms with Gasteiger partial charge in [-0.15, -0.1) is 0 Å². The van der Waals surface area contributed by atoms with E-state index in [1.807, 2.05) is 18.2 Å². The Hall–Kier alpha value is -1.74. The molecular formula is C20H24BrN3O3S. The van der Waals surface area contributed by atoms with Crippen molar-refractivity contribution in [1.29, 1.82) is 0 Å². The monoisotopic (exact) mass is 465 g/mol. The smallest absolute Gasteiger partial charge is 0.241 e. The molecule has 1 saturated heterocycles. The highest BCUT2D eigenvalue weighted by Gasteiger charge is 2.28. The van der Waals surface area contributed by atoms with Gasteiger partial charge >= 0.3 is 0 Å². The first-order valence-corrected chi connectivity index (χ1v) is 11.5. The quantitative estimate of drug-likeness (QED) is 0.711. The van der Waals surface area contributed by atoms with E-state index in [2.05, 4.69) is 37.7 Å². The van der Waals surface area contributed by atoms with Crippen molar-refractivity contribution in [3.8, 4) is 0 Å². The summed E-state index contributed by atoms with van der Waals surface area (Å²) >= 11 is 3.28. The number of piperazine rings is 1. The number of hydrogen-bond donors (Lipinski definition) is 1. The zero-order valence-corrected chi connectivity index (χ0v) is 18.1. The number of nitrogens with one attached hydrogen (secondary N) is 1. The average Bonchev–Trinajstić information content (AvgIpc) is 2.69. The van der Waals surface area contributed by atoms with E-state index in [9.17, 15) is 13.2 Å². The number of hydrogen-bond acceptors (Lipinski definition) is 4. The summed E-state index contributed by atoms with van der Waals surface area (Å²) in [7, 11) is -3.74. The standard InChI is InChI=1S/C20H24BrN3O3S/c1-16(22-28(26,27)19-9-7-18(21)8-10-19)20(25)24-13-11-23(12-14-24)15-17-5-3-2-4-6-17/h2-10,16,22H,11-15H2,1H3/t16-/m0/s1. The van der Waals surface area contributed by atoms with Crippen molar-refractivity contribution in [3.63, 3.8) is 0 Å². The first-order valence-electron chi connectivity index (χ1n) is 9.18. The van der Waals surface area contributed by atoms with Crippen LogP contribution in [0.1, 0.15) is 12.5 Å². The van der Waals surface area contributed by atoms with Crippen LogP contribution in [0.2, 0.25) is 0 Å². The summed E-state index contributed by atoms with van der Waals surface area (Å²) in [6.45, 7) is 5.18. The van der Waals surface area contributed by atoms with Gasteiger partial charge in [-0.05, 0) is 36.8 Å². The van der Waals surface area contributed by atoms with Crippen molar-refractivity contribution in [2.75, 3.05) is 26.2 Å². The maximum Gasteiger partial charge on any atom is 0.241 e. The van der Waals surface area contributed by atoms with E-state index in [4.69, 9.17) is 0 Å². The second-order valence-corrected chi connectivity index (χ2v) is 9.51. The third kappa shape index (κ3) is 5.41. The summed E-state index contributed by atoms with van der Waals surface area (Å²) < 4.78 is 28.3. The number of nitrogens with zero attached hydrogens (tertiary/aromatic N) is 2. The van der Waals surface area contributed by atoms with E-state index in [1.165, 1.54) is 17.7 Å². The van der Waals surface area contributed by atoms with E-state index in [1.54, 1.807) is 24.0 Å². The van der Waals surface area contributed by atoms with Gasteiger partial charge in [-0.25, -0.2) is 8.42 Å². The molecule has 0 aliphatic carbocycles. The molecule has 0 spiro atoms. The van der Waals surface area contributed by atoms with Crippen molar-refractivity contribution < 1.29 is 13.2 Å². The van der Waals surface area contributed by atoms with Crippen LogP contribution >= 0.6 is 15.9 Å². The molecule has 1 N–H and O–H groups in total. The largest absolute Gasteiger partial charge is 0.339 e. The van der Waals surface area contributed by atoms with Crippen LogP contribution in [-0.4, -0.2) is 56.3 Å². The Bertz CT molecular complexity index is 896. The van der Waals surface area contributed by atoms with Gasteiger partial charge in [0.15, 0.2) is 0 Å². The molecule has 150 valence electrons. The zero-order chi connectivity index (χ0) is 20.1. The molecule has 6 nitrogen and oxygen atoms in total. The molecule has 2 aromatic rings. The molecule has 1 atom stereocenters. The Balaban J connectivity index is 1.53. The Morgan fingerprint density at radius 3 is 2.25 bits per heavy atom. The highest BCUT2D eigenvalue weighted by molar-refractivity contribution is 9.10. The highest BCUT2D eigenvalue weighted by Crippen LogP contribution is 2.15. The minimum absolute atomic E-state index is 0.142. The summed E-state index contributed by atoms with van der Waals surface area (Å²) in [4.78, 5) is 16.9. The first-order chi connectivity index (χ1) is 13.3. The van der Waals surface area contributed by atoms with Crippen molar-refractivity contribution in [3.05, 3.63) is 64.6 Å². The number of sulfonamides is 1. The molecule has 2 aromatic carbocycles. The van der Waals surface area contributed by atoms with Crippen LogP contribution in [0.25, 0.3) is 0 Å². The molecule has 0 aromatic heterocycles. The third-order valence-electron chi connectivity index (χ3n) is 4.76. The van der Waals surface area contributed by atoms with E-state index in [0.29, 0.717) is 13.1 Å². The Labute approximate surface area is 174 Å². The summed E-state index contributed by atoms with van der Waals surface area (Å²) in [6, 6.07) is 15.7. The van der Waals surface area contributed by atoms with Crippen LogP contribution in [0.5, 0.6) is 0 Å². The van der Waals surface area contributed by atoms with Crippen LogP contribution in [0.15, 0.2) is 64.0 Å². The van der Waals surface area contributed by atoms with E-state index < -0.39 is 16.1 Å². The van der Waals surface area contributed by atoms with Gasteiger partial charge in [0.25, 0.3) is 0 Å². The number of carbonyl (C=O) groups excluding carboxylic acids is 1. The Morgan fingerprint density at radius 2 is 1.64 bits per heavy atom. The van der Waals surface area contributed by atoms with Crippen molar-refractivity contribution in [2.45, 2.75) is 24.4 Å². The lowest BCUT2D eigenvalue weighted by Crippen LogP contribution is -2.53. The van der Waals surface area contributed by atoms with Crippen LogP contribution in [0, 0.1) is 0 Å². The van der Waals surface area contributed by atoms with E-state index in [0.717, 1.165) is 24.1 Å². The Kier molecular flexibility index (Phi) is 6.87. The van der Waals surface area contributed by atoms with Crippen LogP contribution in [-0.2, 0) is 21.4 Å². The second-order valence-electron chi connectivity index (χ2n) is 6.88. The predicted molar refractivity (Wildman–Crippen MR) is 112 cm³/mol. The summed E-state index contributed by atoms with van der Waals surface area (Å²) in [6.07, 6.45) is 0. The number of carbonyl (C=O) groups is 1. The van der Waals surface area contributed by atoms with Gasteiger partial charge in [0.05, 0.1) is 10.9 Å². The summed E-state index contributed by atoms with van der Waals surface area (Å²) in [5.74, 6) is -0.194. The van der Waals surface area contributed by atoms with Gasteiger partial charge in [-0.2, -0.15) is 4.72 Å². The maximum absolute atomic E-state index is 12.7. The maximum atomic E-state index is 12.7. The van der Waals surface area contributed by atoms with Crippen molar-refractivity contribution in [2.24, 2.45) is 0 Å². The second kappa shape index (κ2) is 9.17. The van der Waals surface area contributed by atoms with E-state index in [-0.39, 0.29) is 10.8 Å². The molecule has 0 unspecified atom stereocenters. The lowest BCUT2D eigenvalue weighted by atomic mass is 10.2. The van der Waals surface area contributed by atoms with Crippen molar-refractivity contribution in [1.82, 2.24) is 14.5 Å². The van der Waals surface area contributed by atoms with Gasteiger partial charge in [-0.1, -0.05) is 46.3 Å². The lowest BCUT2D eigenvalue weighted by Gasteiger charge is -2.36. The van der Waals surface area contributed by atoms with Gasteiger partial charge in [0, 0.05) is 37.2 Å². The number of amides is 1. The minimum Gasteiger partial charge on any atom is -0.339 e. The normalized spacial score (nSPS) is 16.7. The average molecular weight is 466 g/mol. The molecule has 1 aliphatic heterocycles. The number of benzene rings is 2. The third-order valence-corrected chi connectivity index (χ3v) is 6.84. The fourth-order valence-corrected chi connectivity index (χ4v) is 4.67. The number of halogens is 1. The molecule has 0 saturated carbocycles. The molecule has 0 radical (unpaired) electrons. The van der Waals surface area contributed by atoms with Crippen molar-refractivity contribution >= 4 is 31.9 Å².